The van der Waals surface area contributed by atoms with Crippen molar-refractivity contribution in [1.29, 1.82) is 0 Å². The summed E-state index contributed by atoms with van der Waals surface area (Å²) in [5.41, 5.74) is 3.24. The molecular formula is C22H27ClN2. The van der Waals surface area contributed by atoms with Crippen molar-refractivity contribution >= 4 is 11.6 Å². The van der Waals surface area contributed by atoms with Crippen LogP contribution in [0, 0.1) is 5.41 Å². The summed E-state index contributed by atoms with van der Waals surface area (Å²) in [6, 6.07) is 20.1. The first-order valence-electron chi connectivity index (χ1n) is 9.40. The van der Waals surface area contributed by atoms with Gasteiger partial charge in [0, 0.05) is 36.6 Å². The molecule has 0 radical (unpaired) electrons. The van der Waals surface area contributed by atoms with Crippen LogP contribution >= 0.6 is 11.6 Å². The SMILES string of the molecule is CC1CC2(CCNCC2c2ccc(Cl)cc2)CN1Cc1ccccc1. The van der Waals surface area contributed by atoms with Crippen molar-refractivity contribution in [2.75, 3.05) is 19.6 Å². The predicted octanol–water partition coefficient (Wildman–Crippen LogP) is 4.70. The average Bonchev–Trinajstić information content (AvgIpc) is 2.93. The van der Waals surface area contributed by atoms with E-state index in [1.165, 1.54) is 30.5 Å². The Morgan fingerprint density at radius 1 is 1.12 bits per heavy atom. The van der Waals surface area contributed by atoms with Gasteiger partial charge >= 0.3 is 0 Å². The second-order valence-electron chi connectivity index (χ2n) is 7.86. The van der Waals surface area contributed by atoms with Crippen LogP contribution in [0.15, 0.2) is 54.6 Å². The highest BCUT2D eigenvalue weighted by Crippen LogP contribution is 2.50. The smallest absolute Gasteiger partial charge is 0.0406 e. The van der Waals surface area contributed by atoms with E-state index >= 15 is 0 Å². The van der Waals surface area contributed by atoms with E-state index in [1.54, 1.807) is 0 Å². The second-order valence-corrected chi connectivity index (χ2v) is 8.30. The Labute approximate surface area is 156 Å². The lowest BCUT2D eigenvalue weighted by Crippen LogP contribution is -2.45. The maximum atomic E-state index is 6.11. The average molecular weight is 355 g/mol. The molecule has 25 heavy (non-hydrogen) atoms. The molecule has 0 aromatic heterocycles. The molecule has 2 aromatic carbocycles. The van der Waals surface area contributed by atoms with Crippen molar-refractivity contribution in [2.45, 2.75) is 38.3 Å². The largest absolute Gasteiger partial charge is 0.316 e. The highest BCUT2D eigenvalue weighted by Gasteiger charge is 2.48. The minimum Gasteiger partial charge on any atom is -0.316 e. The molecule has 4 rings (SSSR count). The van der Waals surface area contributed by atoms with Gasteiger partial charge < -0.3 is 5.32 Å². The fraction of sp³-hybridized carbons (Fsp3) is 0.455. The number of hydrogen-bond donors (Lipinski definition) is 1. The van der Waals surface area contributed by atoms with Gasteiger partial charge in [-0.2, -0.15) is 0 Å². The lowest BCUT2D eigenvalue weighted by molar-refractivity contribution is 0.160. The summed E-state index contributed by atoms with van der Waals surface area (Å²) >= 11 is 6.11. The van der Waals surface area contributed by atoms with Gasteiger partial charge in [-0.05, 0) is 55.0 Å². The summed E-state index contributed by atoms with van der Waals surface area (Å²) in [4.78, 5) is 2.68. The minimum atomic E-state index is 0.382. The molecule has 1 N–H and O–H groups in total. The molecule has 2 heterocycles. The highest BCUT2D eigenvalue weighted by molar-refractivity contribution is 6.30. The number of likely N-dealkylation sites (tertiary alicyclic amines) is 1. The first-order chi connectivity index (χ1) is 12.2. The lowest BCUT2D eigenvalue weighted by Gasteiger charge is -2.42. The zero-order valence-electron chi connectivity index (χ0n) is 14.9. The molecule has 132 valence electrons. The Bertz CT molecular complexity index is 700. The molecule has 0 saturated carbocycles. The normalized spacial score (nSPS) is 30.0. The Hall–Kier alpha value is -1.35. The maximum absolute atomic E-state index is 6.11. The van der Waals surface area contributed by atoms with Crippen LogP contribution in [0.3, 0.4) is 0 Å². The van der Waals surface area contributed by atoms with Gasteiger partial charge in [0.2, 0.25) is 0 Å². The van der Waals surface area contributed by atoms with Crippen LogP contribution in [0.25, 0.3) is 0 Å². The van der Waals surface area contributed by atoms with Crippen LogP contribution in [0.4, 0.5) is 0 Å². The Morgan fingerprint density at radius 3 is 2.64 bits per heavy atom. The van der Waals surface area contributed by atoms with Gasteiger partial charge in [-0.15, -0.1) is 0 Å². The molecule has 0 bridgehead atoms. The third-order valence-corrected chi connectivity index (χ3v) is 6.48. The van der Waals surface area contributed by atoms with Crippen LogP contribution in [0.5, 0.6) is 0 Å². The third-order valence-electron chi connectivity index (χ3n) is 6.23. The second kappa shape index (κ2) is 7.11. The number of hydrogen-bond acceptors (Lipinski definition) is 2. The molecule has 1 spiro atoms. The van der Waals surface area contributed by atoms with E-state index in [0.717, 1.165) is 24.7 Å². The zero-order chi connectivity index (χ0) is 17.3. The number of nitrogens with one attached hydrogen (secondary N) is 1. The standard InChI is InChI=1S/C22H27ClN2/c1-17-13-22(16-25(17)15-18-5-3-2-4-6-18)11-12-24-14-21(22)19-7-9-20(23)10-8-19/h2-10,17,21,24H,11-16H2,1H3. The molecule has 2 nitrogen and oxygen atoms in total. The third kappa shape index (κ3) is 3.48. The molecule has 2 fully saturated rings. The quantitative estimate of drug-likeness (QED) is 0.859. The number of nitrogens with zero attached hydrogens (tertiary/aromatic N) is 1. The van der Waals surface area contributed by atoms with Crippen LogP contribution in [-0.4, -0.2) is 30.6 Å². The van der Waals surface area contributed by atoms with Gasteiger partial charge in [0.05, 0.1) is 0 Å². The van der Waals surface area contributed by atoms with Crippen LogP contribution < -0.4 is 5.32 Å². The van der Waals surface area contributed by atoms with E-state index in [0.29, 0.717) is 17.4 Å². The van der Waals surface area contributed by atoms with Crippen LogP contribution in [0.2, 0.25) is 5.02 Å². The summed E-state index contributed by atoms with van der Waals surface area (Å²) in [7, 11) is 0. The van der Waals surface area contributed by atoms with Crippen molar-refractivity contribution in [3.8, 4) is 0 Å². The van der Waals surface area contributed by atoms with E-state index in [-0.39, 0.29) is 0 Å². The van der Waals surface area contributed by atoms with E-state index in [4.69, 9.17) is 11.6 Å². The monoisotopic (exact) mass is 354 g/mol. The van der Waals surface area contributed by atoms with Crippen molar-refractivity contribution < 1.29 is 0 Å². The first kappa shape index (κ1) is 17.1. The first-order valence-corrected chi connectivity index (χ1v) is 9.78. The van der Waals surface area contributed by atoms with E-state index < -0.39 is 0 Å². The van der Waals surface area contributed by atoms with Gasteiger partial charge in [-0.25, -0.2) is 0 Å². The van der Waals surface area contributed by atoms with Crippen LogP contribution in [0.1, 0.15) is 36.8 Å². The molecule has 3 atom stereocenters. The number of benzene rings is 2. The number of piperidine rings is 1. The molecule has 2 saturated heterocycles. The number of rotatable bonds is 3. The molecule has 0 aliphatic carbocycles. The fourth-order valence-corrected chi connectivity index (χ4v) is 5.07. The van der Waals surface area contributed by atoms with Gasteiger partial charge in [0.1, 0.15) is 0 Å². The van der Waals surface area contributed by atoms with Crippen molar-refractivity contribution in [3.63, 3.8) is 0 Å². The van der Waals surface area contributed by atoms with Gasteiger partial charge in [-0.1, -0.05) is 54.1 Å². The van der Waals surface area contributed by atoms with Crippen molar-refractivity contribution in [3.05, 3.63) is 70.7 Å². The van der Waals surface area contributed by atoms with Crippen LogP contribution in [-0.2, 0) is 6.54 Å². The highest BCUT2D eigenvalue weighted by atomic mass is 35.5. The molecule has 2 aliphatic heterocycles. The van der Waals surface area contributed by atoms with Gasteiger partial charge in [0.15, 0.2) is 0 Å². The van der Waals surface area contributed by atoms with Gasteiger partial charge in [-0.3, -0.25) is 4.90 Å². The van der Waals surface area contributed by atoms with E-state index in [2.05, 4.69) is 59.6 Å². The van der Waals surface area contributed by atoms with E-state index in [9.17, 15) is 0 Å². The van der Waals surface area contributed by atoms with E-state index in [1.807, 2.05) is 12.1 Å². The van der Waals surface area contributed by atoms with Gasteiger partial charge in [0.25, 0.3) is 0 Å². The minimum absolute atomic E-state index is 0.382. The Morgan fingerprint density at radius 2 is 1.88 bits per heavy atom. The summed E-state index contributed by atoms with van der Waals surface area (Å²) in [5, 5.41) is 4.45. The Balaban J connectivity index is 1.57. The van der Waals surface area contributed by atoms with Crippen molar-refractivity contribution in [2.24, 2.45) is 5.41 Å². The molecule has 3 unspecified atom stereocenters. The maximum Gasteiger partial charge on any atom is 0.0406 e. The zero-order valence-corrected chi connectivity index (χ0v) is 15.7. The summed E-state index contributed by atoms with van der Waals surface area (Å²) in [5.74, 6) is 0.571. The molecule has 3 heteroatoms. The number of halogens is 1. The molecular weight excluding hydrogens is 328 g/mol. The lowest BCUT2D eigenvalue weighted by atomic mass is 9.66. The molecule has 2 aliphatic rings. The summed E-state index contributed by atoms with van der Waals surface area (Å²) in [6.45, 7) is 6.87. The molecule has 2 aromatic rings. The topological polar surface area (TPSA) is 15.3 Å². The Kier molecular flexibility index (Phi) is 4.86. The predicted molar refractivity (Wildman–Crippen MR) is 105 cm³/mol. The fourth-order valence-electron chi connectivity index (χ4n) is 4.95. The molecule has 0 amide bonds. The summed E-state index contributed by atoms with van der Waals surface area (Å²) < 4.78 is 0. The summed E-state index contributed by atoms with van der Waals surface area (Å²) in [6.07, 6.45) is 2.55. The van der Waals surface area contributed by atoms with Crippen molar-refractivity contribution in [1.82, 2.24) is 10.2 Å².